The second-order valence-electron chi connectivity index (χ2n) is 7.11. The van der Waals surface area contributed by atoms with E-state index < -0.39 is 12.1 Å². The number of likely N-dealkylation sites (tertiary alicyclic amines) is 1. The molecule has 0 aromatic rings. The molecule has 0 amide bonds. The van der Waals surface area contributed by atoms with Gasteiger partial charge in [0.05, 0.1) is 5.92 Å². The van der Waals surface area contributed by atoms with Gasteiger partial charge in [-0.15, -0.1) is 0 Å². The number of rotatable bonds is 4. The van der Waals surface area contributed by atoms with Gasteiger partial charge in [-0.25, -0.2) is 0 Å². The lowest BCUT2D eigenvalue weighted by Gasteiger charge is -2.41. The van der Waals surface area contributed by atoms with Crippen molar-refractivity contribution in [3.63, 3.8) is 0 Å². The summed E-state index contributed by atoms with van der Waals surface area (Å²) in [6.45, 7) is 7.46. The van der Waals surface area contributed by atoms with Crippen molar-refractivity contribution < 1.29 is 13.2 Å². The average Bonchev–Trinajstić information content (AvgIpc) is 2.45. The minimum Gasteiger partial charge on any atom is -0.314 e. The fourth-order valence-corrected chi connectivity index (χ4v) is 3.77. The van der Waals surface area contributed by atoms with E-state index >= 15 is 0 Å². The lowest BCUT2D eigenvalue weighted by Crippen LogP contribution is -2.47. The zero-order valence-corrected chi connectivity index (χ0v) is 13.3. The zero-order valence-electron chi connectivity index (χ0n) is 13.3. The summed E-state index contributed by atoms with van der Waals surface area (Å²) in [4.78, 5) is 2.46. The molecule has 21 heavy (non-hydrogen) atoms. The van der Waals surface area contributed by atoms with E-state index in [-0.39, 0.29) is 0 Å². The van der Waals surface area contributed by atoms with E-state index in [1.165, 1.54) is 12.8 Å². The Hall–Kier alpha value is -0.290. The van der Waals surface area contributed by atoms with Crippen molar-refractivity contribution in [1.82, 2.24) is 10.2 Å². The standard InChI is InChI=1S/C16H29F3N2/c1-12(2)20-10-13-4-3-9-21(11-13)15-7-5-14(6-8-15)16(17,18)19/h12-15,20H,3-11H2,1-2H3. The van der Waals surface area contributed by atoms with Crippen molar-refractivity contribution in [2.24, 2.45) is 11.8 Å². The van der Waals surface area contributed by atoms with E-state index in [9.17, 15) is 13.2 Å². The summed E-state index contributed by atoms with van der Waals surface area (Å²) in [5.41, 5.74) is 0. The summed E-state index contributed by atoms with van der Waals surface area (Å²) in [6, 6.07) is 0.882. The first-order chi connectivity index (χ1) is 9.86. The Morgan fingerprint density at radius 2 is 1.76 bits per heavy atom. The molecule has 1 atom stereocenters. The number of alkyl halides is 3. The number of nitrogens with one attached hydrogen (secondary N) is 1. The molecule has 1 N–H and O–H groups in total. The third-order valence-corrected chi connectivity index (χ3v) is 5.04. The van der Waals surface area contributed by atoms with Gasteiger partial charge in [-0.05, 0) is 57.5 Å². The van der Waals surface area contributed by atoms with Gasteiger partial charge in [0.1, 0.15) is 0 Å². The van der Waals surface area contributed by atoms with Gasteiger partial charge in [-0.2, -0.15) is 13.2 Å². The molecule has 0 radical (unpaired) electrons. The van der Waals surface area contributed by atoms with Crippen LogP contribution in [-0.2, 0) is 0 Å². The van der Waals surface area contributed by atoms with Crippen molar-refractivity contribution in [3.05, 3.63) is 0 Å². The molecule has 5 heteroatoms. The summed E-state index contributed by atoms with van der Waals surface area (Å²) in [6.07, 6.45) is 0.510. The van der Waals surface area contributed by atoms with Crippen molar-refractivity contribution in [1.29, 1.82) is 0 Å². The molecular formula is C16H29F3N2. The molecule has 0 bridgehead atoms. The first-order valence-electron chi connectivity index (χ1n) is 8.40. The molecule has 1 aliphatic carbocycles. The first kappa shape index (κ1) is 17.1. The predicted octanol–water partition coefficient (Wildman–Crippen LogP) is 3.82. The van der Waals surface area contributed by atoms with Crippen LogP contribution in [0.15, 0.2) is 0 Å². The van der Waals surface area contributed by atoms with Crippen molar-refractivity contribution in [3.8, 4) is 0 Å². The predicted molar refractivity (Wildman–Crippen MR) is 79.2 cm³/mol. The third-order valence-electron chi connectivity index (χ3n) is 5.04. The summed E-state index contributed by atoms with van der Waals surface area (Å²) < 4.78 is 38.2. The van der Waals surface area contributed by atoms with Crippen LogP contribution in [0.3, 0.4) is 0 Å². The number of hydrogen-bond acceptors (Lipinski definition) is 2. The van der Waals surface area contributed by atoms with Crippen LogP contribution >= 0.6 is 0 Å². The normalized spacial score (nSPS) is 32.6. The number of hydrogen-bond donors (Lipinski definition) is 1. The van der Waals surface area contributed by atoms with E-state index in [1.54, 1.807) is 0 Å². The maximum Gasteiger partial charge on any atom is 0.391 e. The molecule has 0 aromatic carbocycles. The Kier molecular flexibility index (Phi) is 5.95. The topological polar surface area (TPSA) is 15.3 Å². The molecule has 1 saturated heterocycles. The summed E-state index contributed by atoms with van der Waals surface area (Å²) in [5.74, 6) is -0.404. The highest BCUT2D eigenvalue weighted by Crippen LogP contribution is 2.39. The monoisotopic (exact) mass is 306 g/mol. The lowest BCUT2D eigenvalue weighted by atomic mass is 9.83. The quantitative estimate of drug-likeness (QED) is 0.849. The van der Waals surface area contributed by atoms with Gasteiger partial charge in [0, 0.05) is 18.6 Å². The highest BCUT2D eigenvalue weighted by Gasteiger charge is 2.42. The van der Waals surface area contributed by atoms with Crippen LogP contribution in [0.2, 0.25) is 0 Å². The zero-order chi connectivity index (χ0) is 15.5. The van der Waals surface area contributed by atoms with Gasteiger partial charge in [-0.3, -0.25) is 0 Å². The van der Waals surface area contributed by atoms with Crippen LogP contribution in [0.4, 0.5) is 13.2 Å². The SMILES string of the molecule is CC(C)NCC1CCCN(C2CCC(C(F)(F)F)CC2)C1. The van der Waals surface area contributed by atoms with E-state index in [2.05, 4.69) is 24.1 Å². The highest BCUT2D eigenvalue weighted by molar-refractivity contribution is 4.86. The number of halogens is 3. The minimum atomic E-state index is -3.99. The van der Waals surface area contributed by atoms with Gasteiger partial charge in [0.15, 0.2) is 0 Å². The van der Waals surface area contributed by atoms with Gasteiger partial charge in [-0.1, -0.05) is 13.8 Å². The molecule has 2 aliphatic rings. The molecule has 124 valence electrons. The molecular weight excluding hydrogens is 277 g/mol. The van der Waals surface area contributed by atoms with E-state index in [1.807, 2.05) is 0 Å². The number of nitrogens with zero attached hydrogens (tertiary/aromatic N) is 1. The van der Waals surface area contributed by atoms with Gasteiger partial charge in [0.25, 0.3) is 0 Å². The van der Waals surface area contributed by atoms with Crippen LogP contribution in [0.5, 0.6) is 0 Å². The van der Waals surface area contributed by atoms with Gasteiger partial charge < -0.3 is 10.2 Å². The maximum atomic E-state index is 12.7. The summed E-state index contributed by atoms with van der Waals surface area (Å²) >= 11 is 0. The molecule has 1 aliphatic heterocycles. The largest absolute Gasteiger partial charge is 0.391 e. The minimum absolute atomic E-state index is 0.319. The van der Waals surface area contributed by atoms with Crippen LogP contribution in [0.1, 0.15) is 52.4 Å². The fourth-order valence-electron chi connectivity index (χ4n) is 3.77. The molecule has 1 heterocycles. The van der Waals surface area contributed by atoms with E-state index in [0.717, 1.165) is 19.6 Å². The van der Waals surface area contributed by atoms with Crippen LogP contribution in [0.25, 0.3) is 0 Å². The Labute approximate surface area is 126 Å². The van der Waals surface area contributed by atoms with Crippen LogP contribution < -0.4 is 5.32 Å². The molecule has 2 nitrogen and oxygen atoms in total. The lowest BCUT2D eigenvalue weighted by molar-refractivity contribution is -0.184. The average molecular weight is 306 g/mol. The first-order valence-corrected chi connectivity index (χ1v) is 8.40. The molecule has 0 spiro atoms. The smallest absolute Gasteiger partial charge is 0.314 e. The molecule has 2 fully saturated rings. The number of piperidine rings is 1. The Balaban J connectivity index is 1.77. The Bertz CT molecular complexity index is 309. The molecule has 1 saturated carbocycles. The molecule has 2 rings (SSSR count). The van der Waals surface area contributed by atoms with E-state index in [0.29, 0.717) is 43.7 Å². The van der Waals surface area contributed by atoms with E-state index in [4.69, 9.17) is 0 Å². The second-order valence-corrected chi connectivity index (χ2v) is 7.11. The molecule has 1 unspecified atom stereocenters. The second kappa shape index (κ2) is 7.32. The summed E-state index contributed by atoms with van der Waals surface area (Å²) in [5, 5.41) is 3.49. The Morgan fingerprint density at radius 1 is 1.10 bits per heavy atom. The maximum absolute atomic E-state index is 12.7. The third kappa shape index (κ3) is 5.13. The van der Waals surface area contributed by atoms with Crippen molar-refractivity contribution >= 4 is 0 Å². The van der Waals surface area contributed by atoms with Crippen molar-refractivity contribution in [2.45, 2.75) is 70.6 Å². The highest BCUT2D eigenvalue weighted by atomic mass is 19.4. The Morgan fingerprint density at radius 3 is 2.33 bits per heavy atom. The van der Waals surface area contributed by atoms with Gasteiger partial charge in [0.2, 0.25) is 0 Å². The van der Waals surface area contributed by atoms with Crippen molar-refractivity contribution in [2.75, 3.05) is 19.6 Å². The molecule has 0 aromatic heterocycles. The van der Waals surface area contributed by atoms with Gasteiger partial charge >= 0.3 is 6.18 Å². The summed E-state index contributed by atoms with van der Waals surface area (Å²) in [7, 11) is 0. The van der Waals surface area contributed by atoms with Crippen LogP contribution in [-0.4, -0.2) is 42.8 Å². The van der Waals surface area contributed by atoms with Crippen LogP contribution in [0, 0.1) is 11.8 Å². The fraction of sp³-hybridized carbons (Fsp3) is 1.00.